The van der Waals surface area contributed by atoms with Crippen LogP contribution in [0.4, 0.5) is 0 Å². The third-order valence-electron chi connectivity index (χ3n) is 3.69. The number of aromatic nitrogens is 1. The lowest BCUT2D eigenvalue weighted by atomic mass is 10.0. The summed E-state index contributed by atoms with van der Waals surface area (Å²) < 4.78 is 10.3. The molecule has 0 fully saturated rings. The fourth-order valence-electron chi connectivity index (χ4n) is 2.45. The molecule has 0 bridgehead atoms. The molecule has 0 radical (unpaired) electrons. The number of ether oxygens (including phenoxy) is 1. The molecule has 5 heteroatoms. The lowest BCUT2D eigenvalue weighted by Gasteiger charge is -2.18. The zero-order valence-electron chi connectivity index (χ0n) is 13.3. The predicted octanol–water partition coefficient (Wildman–Crippen LogP) is 3.40. The first-order chi connectivity index (χ1) is 11.8. The molecule has 2 heterocycles. The molecule has 3 aromatic rings. The lowest BCUT2D eigenvalue weighted by Crippen LogP contribution is -2.30. The highest BCUT2D eigenvalue weighted by Crippen LogP contribution is 2.19. The van der Waals surface area contributed by atoms with E-state index in [1.165, 1.54) is 6.26 Å². The Labute approximate surface area is 140 Å². The van der Waals surface area contributed by atoms with Crippen LogP contribution in [0.15, 0.2) is 71.5 Å². The van der Waals surface area contributed by atoms with Gasteiger partial charge in [0.25, 0.3) is 5.91 Å². The van der Waals surface area contributed by atoms with E-state index in [1.54, 1.807) is 25.4 Å². The van der Waals surface area contributed by atoms with Crippen LogP contribution in [0.5, 0.6) is 5.75 Å². The Hall–Kier alpha value is -3.08. The van der Waals surface area contributed by atoms with E-state index in [4.69, 9.17) is 9.15 Å². The second-order valence-corrected chi connectivity index (χ2v) is 5.31. The standard InChI is InChI=1S/C19H18N2O3/c1-23-15-9-7-14(8-10-15)13-17(16-5-2-3-11-20-16)21-19(22)18-6-4-12-24-18/h2-12,17H,13H2,1H3,(H,21,22). The molecule has 0 saturated heterocycles. The van der Waals surface area contributed by atoms with E-state index in [0.29, 0.717) is 6.42 Å². The van der Waals surface area contributed by atoms with Crippen molar-refractivity contribution in [1.82, 2.24) is 10.3 Å². The second-order valence-electron chi connectivity index (χ2n) is 5.31. The third kappa shape index (κ3) is 3.81. The zero-order valence-corrected chi connectivity index (χ0v) is 13.3. The number of nitrogens with one attached hydrogen (secondary N) is 1. The molecule has 0 aliphatic rings. The molecule has 1 amide bonds. The number of rotatable bonds is 6. The van der Waals surface area contributed by atoms with Crippen LogP contribution < -0.4 is 10.1 Å². The first-order valence-corrected chi connectivity index (χ1v) is 7.64. The Morgan fingerprint density at radius 1 is 1.17 bits per heavy atom. The van der Waals surface area contributed by atoms with E-state index in [1.807, 2.05) is 42.5 Å². The van der Waals surface area contributed by atoms with Crippen molar-refractivity contribution in [3.05, 3.63) is 84.1 Å². The van der Waals surface area contributed by atoms with Crippen LogP contribution in [-0.2, 0) is 6.42 Å². The van der Waals surface area contributed by atoms with Crippen molar-refractivity contribution in [1.29, 1.82) is 0 Å². The van der Waals surface area contributed by atoms with Gasteiger partial charge in [-0.2, -0.15) is 0 Å². The molecular weight excluding hydrogens is 304 g/mol. The maximum Gasteiger partial charge on any atom is 0.287 e. The SMILES string of the molecule is COc1ccc(CC(NC(=O)c2ccco2)c2ccccn2)cc1. The molecule has 5 nitrogen and oxygen atoms in total. The van der Waals surface area contributed by atoms with Crippen LogP contribution in [0.1, 0.15) is 27.9 Å². The van der Waals surface area contributed by atoms with Gasteiger partial charge in [0, 0.05) is 6.20 Å². The van der Waals surface area contributed by atoms with Gasteiger partial charge in [-0.15, -0.1) is 0 Å². The van der Waals surface area contributed by atoms with Gasteiger partial charge in [0.1, 0.15) is 5.75 Å². The van der Waals surface area contributed by atoms with Crippen LogP contribution in [0.3, 0.4) is 0 Å². The Bertz CT molecular complexity index is 768. The topological polar surface area (TPSA) is 64.4 Å². The normalized spacial score (nSPS) is 11.7. The van der Waals surface area contributed by atoms with Gasteiger partial charge in [-0.25, -0.2) is 0 Å². The zero-order chi connectivity index (χ0) is 16.8. The van der Waals surface area contributed by atoms with E-state index >= 15 is 0 Å². The summed E-state index contributed by atoms with van der Waals surface area (Å²) in [6.45, 7) is 0. The number of amides is 1. The first kappa shape index (κ1) is 15.8. The maximum atomic E-state index is 12.3. The van der Waals surface area contributed by atoms with Crippen molar-refractivity contribution in [2.75, 3.05) is 7.11 Å². The summed E-state index contributed by atoms with van der Waals surface area (Å²) in [5, 5.41) is 2.99. The highest BCUT2D eigenvalue weighted by molar-refractivity contribution is 5.91. The predicted molar refractivity (Wildman–Crippen MR) is 89.9 cm³/mol. The smallest absolute Gasteiger partial charge is 0.287 e. The molecule has 1 atom stereocenters. The third-order valence-corrected chi connectivity index (χ3v) is 3.69. The minimum atomic E-state index is -0.260. The van der Waals surface area contributed by atoms with Crippen molar-refractivity contribution in [3.63, 3.8) is 0 Å². The fraction of sp³-hybridized carbons (Fsp3) is 0.158. The van der Waals surface area contributed by atoms with Crippen molar-refractivity contribution in [3.8, 4) is 5.75 Å². The summed E-state index contributed by atoms with van der Waals surface area (Å²) in [5.41, 5.74) is 1.87. The van der Waals surface area contributed by atoms with E-state index in [2.05, 4.69) is 10.3 Å². The molecule has 0 aliphatic heterocycles. The Morgan fingerprint density at radius 3 is 2.62 bits per heavy atom. The van der Waals surface area contributed by atoms with Gasteiger partial charge in [0.15, 0.2) is 5.76 Å². The van der Waals surface area contributed by atoms with E-state index in [-0.39, 0.29) is 17.7 Å². The van der Waals surface area contributed by atoms with Crippen molar-refractivity contribution >= 4 is 5.91 Å². The van der Waals surface area contributed by atoms with Crippen LogP contribution in [0, 0.1) is 0 Å². The van der Waals surface area contributed by atoms with Crippen LogP contribution in [0.25, 0.3) is 0 Å². The molecule has 2 aromatic heterocycles. The van der Waals surface area contributed by atoms with Crippen molar-refractivity contribution in [2.45, 2.75) is 12.5 Å². The molecule has 1 N–H and O–H groups in total. The molecule has 0 saturated carbocycles. The average Bonchev–Trinajstić information content (AvgIpc) is 3.17. The number of pyridine rings is 1. The fourth-order valence-corrected chi connectivity index (χ4v) is 2.45. The van der Waals surface area contributed by atoms with Gasteiger partial charge in [0.2, 0.25) is 0 Å². The highest BCUT2D eigenvalue weighted by atomic mass is 16.5. The minimum absolute atomic E-state index is 0.253. The number of benzene rings is 1. The molecule has 0 aliphatic carbocycles. The summed E-state index contributed by atoms with van der Waals surface area (Å²) in [7, 11) is 1.63. The molecule has 24 heavy (non-hydrogen) atoms. The first-order valence-electron chi connectivity index (χ1n) is 7.64. The number of hydrogen-bond acceptors (Lipinski definition) is 4. The van der Waals surface area contributed by atoms with Gasteiger partial charge in [-0.1, -0.05) is 18.2 Å². The van der Waals surface area contributed by atoms with E-state index in [0.717, 1.165) is 17.0 Å². The largest absolute Gasteiger partial charge is 0.497 e. The quantitative estimate of drug-likeness (QED) is 0.755. The summed E-state index contributed by atoms with van der Waals surface area (Å²) in [4.78, 5) is 16.7. The van der Waals surface area contributed by atoms with Crippen LogP contribution in [0.2, 0.25) is 0 Å². The molecule has 122 valence electrons. The molecular formula is C19H18N2O3. The Kier molecular flexibility index (Phi) is 4.91. The average molecular weight is 322 g/mol. The minimum Gasteiger partial charge on any atom is -0.497 e. The molecule has 1 unspecified atom stereocenters. The van der Waals surface area contributed by atoms with Gasteiger partial charge in [-0.05, 0) is 48.4 Å². The van der Waals surface area contributed by atoms with Gasteiger partial charge < -0.3 is 14.5 Å². The number of methoxy groups -OCH3 is 1. The van der Waals surface area contributed by atoms with Crippen LogP contribution in [-0.4, -0.2) is 18.0 Å². The number of furan rings is 1. The lowest BCUT2D eigenvalue weighted by molar-refractivity contribution is 0.0907. The number of nitrogens with zero attached hydrogens (tertiary/aromatic N) is 1. The van der Waals surface area contributed by atoms with Gasteiger partial charge >= 0.3 is 0 Å². The Morgan fingerprint density at radius 2 is 2.00 bits per heavy atom. The van der Waals surface area contributed by atoms with Gasteiger partial charge in [0.05, 0.1) is 25.1 Å². The van der Waals surface area contributed by atoms with E-state index < -0.39 is 0 Å². The second kappa shape index (κ2) is 7.46. The number of hydrogen-bond donors (Lipinski definition) is 1. The summed E-state index contributed by atoms with van der Waals surface area (Å²) in [6.07, 6.45) is 3.82. The summed E-state index contributed by atoms with van der Waals surface area (Å²) >= 11 is 0. The Balaban J connectivity index is 1.80. The summed E-state index contributed by atoms with van der Waals surface area (Å²) in [6, 6.07) is 16.5. The molecule has 1 aromatic carbocycles. The van der Waals surface area contributed by atoms with Crippen molar-refractivity contribution < 1.29 is 13.9 Å². The molecule has 0 spiro atoms. The van der Waals surface area contributed by atoms with Crippen LogP contribution >= 0.6 is 0 Å². The van der Waals surface area contributed by atoms with Crippen molar-refractivity contribution in [2.24, 2.45) is 0 Å². The van der Waals surface area contributed by atoms with Gasteiger partial charge in [-0.3, -0.25) is 9.78 Å². The maximum absolute atomic E-state index is 12.3. The highest BCUT2D eigenvalue weighted by Gasteiger charge is 2.19. The number of carbonyl (C=O) groups is 1. The van der Waals surface area contributed by atoms with E-state index in [9.17, 15) is 4.79 Å². The number of carbonyl (C=O) groups excluding carboxylic acids is 1. The summed E-state index contributed by atoms with van der Waals surface area (Å²) in [5.74, 6) is 0.822. The molecule has 3 rings (SSSR count). The monoisotopic (exact) mass is 322 g/mol.